The van der Waals surface area contributed by atoms with Crippen LogP contribution in [0.3, 0.4) is 0 Å². The molecule has 6 nitrogen and oxygen atoms in total. The summed E-state index contributed by atoms with van der Waals surface area (Å²) < 4.78 is 11.9. The second-order valence-corrected chi connectivity index (χ2v) is 6.19. The number of ether oxygens (including phenoxy) is 1. The van der Waals surface area contributed by atoms with Gasteiger partial charge in [0.1, 0.15) is 11.9 Å². The molecule has 0 bridgehead atoms. The molecule has 1 aliphatic rings. The Balaban J connectivity index is 1.56. The first-order valence-corrected chi connectivity index (χ1v) is 8.60. The highest BCUT2D eigenvalue weighted by Crippen LogP contribution is 2.34. The summed E-state index contributed by atoms with van der Waals surface area (Å²) in [5.74, 6) is 1.89. The van der Waals surface area contributed by atoms with E-state index in [2.05, 4.69) is 28.1 Å². The van der Waals surface area contributed by atoms with Gasteiger partial charge in [-0.25, -0.2) is 0 Å². The van der Waals surface area contributed by atoms with Crippen LogP contribution >= 0.6 is 0 Å². The Morgan fingerprint density at radius 2 is 1.96 bits per heavy atom. The summed E-state index contributed by atoms with van der Waals surface area (Å²) >= 11 is 0. The molecule has 0 radical (unpaired) electrons. The molecule has 0 spiro atoms. The zero-order valence-corrected chi connectivity index (χ0v) is 14.4. The zero-order valence-electron chi connectivity index (χ0n) is 14.4. The maximum absolute atomic E-state index is 8.89. The van der Waals surface area contributed by atoms with Crippen LogP contribution in [-0.4, -0.2) is 22.8 Å². The van der Waals surface area contributed by atoms with Gasteiger partial charge in [-0.1, -0.05) is 19.1 Å². The van der Waals surface area contributed by atoms with Crippen LogP contribution in [-0.2, 0) is 6.54 Å². The van der Waals surface area contributed by atoms with Gasteiger partial charge in [0.05, 0.1) is 30.4 Å². The zero-order chi connectivity index (χ0) is 17.9. The van der Waals surface area contributed by atoms with Gasteiger partial charge in [-0.15, -0.1) is 10.2 Å². The molecular weight excluding hydrogens is 328 g/mol. The lowest BCUT2D eigenvalue weighted by atomic mass is 10.1. The number of nitriles is 1. The Bertz CT molecular complexity index is 943. The van der Waals surface area contributed by atoms with Crippen LogP contribution in [0.15, 0.2) is 52.9 Å². The first-order chi connectivity index (χ1) is 12.8. The summed E-state index contributed by atoms with van der Waals surface area (Å²) in [5, 5.41) is 17.2. The van der Waals surface area contributed by atoms with Crippen molar-refractivity contribution in [3.05, 3.63) is 60.0 Å². The van der Waals surface area contributed by atoms with Crippen LogP contribution in [0.4, 0.5) is 5.69 Å². The lowest BCUT2D eigenvalue weighted by Crippen LogP contribution is -2.39. The van der Waals surface area contributed by atoms with E-state index in [1.165, 1.54) is 0 Å². The van der Waals surface area contributed by atoms with E-state index in [0.717, 1.165) is 30.0 Å². The first kappa shape index (κ1) is 16.2. The number of para-hydroxylation sites is 2. The van der Waals surface area contributed by atoms with Gasteiger partial charge in [0, 0.05) is 5.56 Å². The fourth-order valence-electron chi connectivity index (χ4n) is 3.03. The maximum Gasteiger partial charge on any atom is 0.247 e. The minimum absolute atomic E-state index is 0.144. The van der Waals surface area contributed by atoms with E-state index in [4.69, 9.17) is 14.4 Å². The smallest absolute Gasteiger partial charge is 0.247 e. The third-order valence-corrected chi connectivity index (χ3v) is 4.43. The summed E-state index contributed by atoms with van der Waals surface area (Å²) in [5.41, 5.74) is 2.44. The molecule has 0 amide bonds. The molecule has 1 atom stereocenters. The normalized spacial score (nSPS) is 15.8. The fourth-order valence-corrected chi connectivity index (χ4v) is 3.03. The van der Waals surface area contributed by atoms with Crippen molar-refractivity contribution in [2.75, 3.05) is 11.4 Å². The molecule has 26 heavy (non-hydrogen) atoms. The van der Waals surface area contributed by atoms with Crippen LogP contribution < -0.4 is 9.64 Å². The van der Waals surface area contributed by atoms with Gasteiger partial charge in [0.25, 0.3) is 0 Å². The highest BCUT2D eigenvalue weighted by molar-refractivity contribution is 5.60. The maximum atomic E-state index is 8.89. The van der Waals surface area contributed by atoms with E-state index >= 15 is 0 Å². The van der Waals surface area contributed by atoms with Gasteiger partial charge in [-0.3, -0.25) is 0 Å². The Morgan fingerprint density at radius 1 is 1.15 bits per heavy atom. The minimum Gasteiger partial charge on any atom is -0.486 e. The first-order valence-electron chi connectivity index (χ1n) is 8.60. The summed E-state index contributed by atoms with van der Waals surface area (Å²) in [7, 11) is 0. The van der Waals surface area contributed by atoms with E-state index < -0.39 is 0 Å². The van der Waals surface area contributed by atoms with Crippen LogP contribution in [0.1, 0.15) is 24.8 Å². The van der Waals surface area contributed by atoms with Crippen molar-refractivity contribution in [2.24, 2.45) is 0 Å². The van der Waals surface area contributed by atoms with Gasteiger partial charge >= 0.3 is 0 Å². The van der Waals surface area contributed by atoms with E-state index in [1.807, 2.05) is 36.4 Å². The minimum atomic E-state index is 0.144. The van der Waals surface area contributed by atoms with Crippen LogP contribution in [0.5, 0.6) is 5.75 Å². The molecule has 130 valence electrons. The molecule has 3 aromatic rings. The molecule has 2 heterocycles. The monoisotopic (exact) mass is 346 g/mol. The molecule has 4 rings (SSSR count). The predicted octanol–water partition coefficient (Wildman–Crippen LogP) is 3.79. The predicted molar refractivity (Wildman–Crippen MR) is 96.6 cm³/mol. The van der Waals surface area contributed by atoms with Crippen molar-refractivity contribution in [3.8, 4) is 23.3 Å². The Hall–Kier alpha value is -3.33. The third-order valence-electron chi connectivity index (χ3n) is 4.43. The molecule has 0 unspecified atom stereocenters. The molecule has 1 aromatic heterocycles. The lowest BCUT2D eigenvalue weighted by molar-refractivity contribution is 0.187. The summed E-state index contributed by atoms with van der Waals surface area (Å²) in [6.07, 6.45) is 1.08. The number of hydrogen-bond acceptors (Lipinski definition) is 6. The standard InChI is InChI=1S/C20H18N4O2/c1-2-16-12-24(17-5-3-4-6-18(17)25-16)13-19-22-23-20(26-19)15-9-7-14(11-21)8-10-15/h3-10,16H,2,12-13H2,1H3/t16-/m0/s1. The fraction of sp³-hybridized carbons (Fsp3) is 0.250. The lowest BCUT2D eigenvalue weighted by Gasteiger charge is -2.35. The Kier molecular flexibility index (Phi) is 4.28. The number of hydrogen-bond donors (Lipinski definition) is 0. The van der Waals surface area contributed by atoms with E-state index in [9.17, 15) is 0 Å². The number of nitrogens with zero attached hydrogens (tertiary/aromatic N) is 4. The molecular formula is C20H18N4O2. The van der Waals surface area contributed by atoms with Crippen LogP contribution in [0, 0.1) is 11.3 Å². The van der Waals surface area contributed by atoms with E-state index in [0.29, 0.717) is 23.9 Å². The van der Waals surface area contributed by atoms with Crippen LogP contribution in [0.2, 0.25) is 0 Å². The second-order valence-electron chi connectivity index (χ2n) is 6.19. The number of fused-ring (bicyclic) bond motifs is 1. The number of benzene rings is 2. The third kappa shape index (κ3) is 3.11. The SMILES string of the molecule is CC[C@H]1CN(Cc2nnc(-c3ccc(C#N)cc3)o2)c2ccccc2O1. The van der Waals surface area contributed by atoms with Gasteiger partial charge in [-0.05, 0) is 42.8 Å². The van der Waals surface area contributed by atoms with E-state index in [-0.39, 0.29) is 6.10 Å². The van der Waals surface area contributed by atoms with Gasteiger partial charge in [0.15, 0.2) is 0 Å². The molecule has 0 N–H and O–H groups in total. The number of anilines is 1. The van der Waals surface area contributed by atoms with Crippen LogP contribution in [0.25, 0.3) is 11.5 Å². The molecule has 0 saturated carbocycles. The Labute approximate surface area is 151 Å². The highest BCUT2D eigenvalue weighted by atomic mass is 16.5. The second kappa shape index (κ2) is 6.89. The van der Waals surface area contributed by atoms with Crippen molar-refractivity contribution >= 4 is 5.69 Å². The summed E-state index contributed by atoms with van der Waals surface area (Å²) in [6, 6.07) is 17.2. The Morgan fingerprint density at radius 3 is 2.73 bits per heavy atom. The van der Waals surface area contributed by atoms with Gasteiger partial charge < -0.3 is 14.1 Å². The molecule has 2 aromatic carbocycles. The number of rotatable bonds is 4. The topological polar surface area (TPSA) is 75.2 Å². The van der Waals surface area contributed by atoms with Gasteiger partial charge in [-0.2, -0.15) is 5.26 Å². The van der Waals surface area contributed by atoms with Crippen molar-refractivity contribution in [1.82, 2.24) is 10.2 Å². The van der Waals surface area contributed by atoms with Crippen molar-refractivity contribution in [3.63, 3.8) is 0 Å². The molecule has 0 fully saturated rings. The quantitative estimate of drug-likeness (QED) is 0.715. The molecule has 0 saturated heterocycles. The summed E-state index contributed by atoms with van der Waals surface area (Å²) in [6.45, 7) is 3.43. The van der Waals surface area contributed by atoms with Crippen molar-refractivity contribution < 1.29 is 9.15 Å². The van der Waals surface area contributed by atoms with Crippen molar-refractivity contribution in [2.45, 2.75) is 26.0 Å². The number of aromatic nitrogens is 2. The van der Waals surface area contributed by atoms with E-state index in [1.54, 1.807) is 12.1 Å². The highest BCUT2D eigenvalue weighted by Gasteiger charge is 2.25. The summed E-state index contributed by atoms with van der Waals surface area (Å²) in [4.78, 5) is 2.21. The largest absolute Gasteiger partial charge is 0.486 e. The molecule has 0 aliphatic carbocycles. The van der Waals surface area contributed by atoms with Crippen molar-refractivity contribution in [1.29, 1.82) is 5.26 Å². The van der Waals surface area contributed by atoms with Gasteiger partial charge in [0.2, 0.25) is 11.8 Å². The molecule has 1 aliphatic heterocycles. The molecule has 6 heteroatoms. The average molecular weight is 346 g/mol. The average Bonchev–Trinajstić information content (AvgIpc) is 3.16.